The Hall–Kier alpha value is -2.21. The van der Waals surface area contributed by atoms with E-state index in [2.05, 4.69) is 34.8 Å². The Morgan fingerprint density at radius 3 is 1.94 bits per heavy atom. The van der Waals surface area contributed by atoms with Gasteiger partial charge in [-0.25, -0.2) is 9.59 Å². The summed E-state index contributed by atoms with van der Waals surface area (Å²) in [5.74, 6) is -1.57. The summed E-state index contributed by atoms with van der Waals surface area (Å²) in [5.41, 5.74) is 1.03. The fourth-order valence-corrected chi connectivity index (χ4v) is 4.02. The van der Waals surface area contributed by atoms with Crippen molar-refractivity contribution in [2.45, 2.75) is 97.3 Å². The summed E-state index contributed by atoms with van der Waals surface area (Å²) in [4.78, 5) is 28.0. The summed E-state index contributed by atoms with van der Waals surface area (Å²) in [6.07, 6.45) is 17.8. The lowest BCUT2D eigenvalue weighted by Crippen LogP contribution is -2.15. The second-order valence-corrected chi connectivity index (χ2v) is 9.65. The molecule has 1 aromatic carbocycles. The molecule has 0 amide bonds. The Morgan fingerprint density at radius 2 is 1.40 bits per heavy atom. The van der Waals surface area contributed by atoms with Gasteiger partial charge in [-0.15, -0.1) is 0 Å². The van der Waals surface area contributed by atoms with Crippen LogP contribution in [0.4, 0.5) is 0 Å². The summed E-state index contributed by atoms with van der Waals surface area (Å²) in [6, 6.07) is 8.93. The Morgan fingerprint density at radius 1 is 0.829 bits per heavy atom. The van der Waals surface area contributed by atoms with E-state index in [-0.39, 0.29) is 11.1 Å². The van der Waals surface area contributed by atoms with Crippen molar-refractivity contribution in [3.8, 4) is 0 Å². The number of halogens is 1. The van der Waals surface area contributed by atoms with Gasteiger partial charge in [0.2, 0.25) is 0 Å². The van der Waals surface area contributed by atoms with Crippen LogP contribution in [0.1, 0.15) is 117 Å². The highest BCUT2D eigenvalue weighted by Crippen LogP contribution is 2.20. The number of carbonyl (C=O) groups is 2. The summed E-state index contributed by atoms with van der Waals surface area (Å²) in [6.45, 7) is 4.73. The van der Waals surface area contributed by atoms with E-state index in [4.69, 9.17) is 4.74 Å². The molecule has 0 atom stereocenters. The minimum absolute atomic E-state index is 0.115. The molecule has 1 N–H and O–H groups in total. The molecule has 0 saturated heterocycles. The second-order valence-electron chi connectivity index (χ2n) is 8.73. The predicted octanol–water partition coefficient (Wildman–Crippen LogP) is 8.65. The van der Waals surface area contributed by atoms with Crippen LogP contribution in [-0.2, 0) is 11.2 Å². The average molecular weight is 549 g/mol. The summed E-state index contributed by atoms with van der Waals surface area (Å²) < 4.78 is 6.42. The highest BCUT2D eigenvalue weighted by molar-refractivity contribution is 9.10. The molecule has 0 spiro atoms. The first-order valence-electron chi connectivity index (χ1n) is 13.1. The number of carboxylic acids is 1. The van der Waals surface area contributed by atoms with Crippen LogP contribution in [0.2, 0.25) is 0 Å². The third kappa shape index (κ3) is 14.1. The number of pyridine rings is 1. The van der Waals surface area contributed by atoms with Crippen molar-refractivity contribution in [2.24, 2.45) is 0 Å². The van der Waals surface area contributed by atoms with Crippen LogP contribution in [0.3, 0.4) is 0 Å². The first kappa shape index (κ1) is 30.8. The number of aromatic carboxylic acids is 1. The Labute approximate surface area is 219 Å². The molecule has 0 aliphatic carbocycles. The van der Waals surface area contributed by atoms with Crippen molar-refractivity contribution < 1.29 is 19.4 Å². The van der Waals surface area contributed by atoms with Crippen molar-refractivity contribution >= 4 is 27.9 Å². The first-order valence-corrected chi connectivity index (χ1v) is 13.9. The number of aromatic nitrogens is 1. The third-order valence-corrected chi connectivity index (χ3v) is 6.28. The maximum atomic E-state index is 12.4. The molecule has 1 heterocycles. The van der Waals surface area contributed by atoms with Crippen molar-refractivity contribution in [1.29, 1.82) is 0 Å². The number of nitrogens with zero attached hydrogens (tertiary/aromatic N) is 1. The molecule has 2 aromatic rings. The number of carbonyl (C=O) groups excluding carboxylic acids is 1. The fraction of sp³-hybridized carbons (Fsp3) is 0.552. The highest BCUT2D eigenvalue weighted by atomic mass is 79.9. The molecular weight excluding hydrogens is 506 g/mol. The molecule has 0 aliphatic heterocycles. The van der Waals surface area contributed by atoms with E-state index in [9.17, 15) is 14.7 Å². The van der Waals surface area contributed by atoms with Gasteiger partial charge in [0.25, 0.3) is 0 Å². The van der Waals surface area contributed by atoms with Gasteiger partial charge in [-0.3, -0.25) is 4.98 Å². The molecule has 0 saturated carbocycles. The molecule has 5 nitrogen and oxygen atoms in total. The molecule has 0 fully saturated rings. The molecule has 2 rings (SSSR count). The molecule has 6 heteroatoms. The lowest BCUT2D eigenvalue weighted by molar-refractivity contribution is 0.0487. The fourth-order valence-electron chi connectivity index (χ4n) is 3.79. The zero-order valence-corrected chi connectivity index (χ0v) is 23.0. The normalized spacial score (nSPS) is 10.4. The van der Waals surface area contributed by atoms with Gasteiger partial charge < -0.3 is 9.84 Å². The van der Waals surface area contributed by atoms with Crippen molar-refractivity contribution in [3.05, 3.63) is 63.9 Å². The summed E-state index contributed by atoms with van der Waals surface area (Å²) in [7, 11) is 0. The highest BCUT2D eigenvalue weighted by Gasteiger charge is 2.21. The van der Waals surface area contributed by atoms with Gasteiger partial charge in [-0.05, 0) is 43.0 Å². The van der Waals surface area contributed by atoms with Crippen LogP contribution < -0.4 is 0 Å². The number of carboxylic acid groups (broad SMARTS) is 1. The number of hydrogen-bond donors (Lipinski definition) is 1. The number of ether oxygens (including phenoxy) is 1. The van der Waals surface area contributed by atoms with Gasteiger partial charge >= 0.3 is 11.9 Å². The van der Waals surface area contributed by atoms with Crippen molar-refractivity contribution in [2.75, 3.05) is 6.61 Å². The Balaban J connectivity index is 0.000000744. The second kappa shape index (κ2) is 20.0. The van der Waals surface area contributed by atoms with Gasteiger partial charge in [-0.2, -0.15) is 0 Å². The zero-order valence-electron chi connectivity index (χ0n) is 21.4. The van der Waals surface area contributed by atoms with Gasteiger partial charge in [0.15, 0.2) is 0 Å². The maximum Gasteiger partial charge on any atom is 0.339 e. The van der Waals surface area contributed by atoms with E-state index in [1.807, 2.05) is 18.2 Å². The third-order valence-electron chi connectivity index (χ3n) is 5.75. The number of rotatable bonds is 16. The molecule has 0 unspecified atom stereocenters. The first-order chi connectivity index (χ1) is 17.0. The standard InChI is InChI=1S/C24H38O4.C5H4BrN/c1-3-5-7-9-11-13-16-20-17-15-18-21(22(20)23(25)26)24(27)28-19-14-12-10-8-6-4-2;6-5-1-3-7-4-2-5/h15,17-18H,3-14,16,19H2,1-2H3,(H,25,26);1-4H. The average Bonchev–Trinajstić information content (AvgIpc) is 2.86. The van der Waals surface area contributed by atoms with Crippen molar-refractivity contribution in [1.82, 2.24) is 4.98 Å². The van der Waals surface area contributed by atoms with Crippen LogP contribution in [0.5, 0.6) is 0 Å². The predicted molar refractivity (Wildman–Crippen MR) is 146 cm³/mol. The molecule has 35 heavy (non-hydrogen) atoms. The number of hydrogen-bond acceptors (Lipinski definition) is 4. The van der Waals surface area contributed by atoms with Gasteiger partial charge in [0, 0.05) is 16.9 Å². The van der Waals surface area contributed by atoms with Crippen LogP contribution in [0.15, 0.2) is 47.2 Å². The van der Waals surface area contributed by atoms with Crippen LogP contribution in [0, 0.1) is 0 Å². The van der Waals surface area contributed by atoms with Crippen LogP contribution in [0.25, 0.3) is 0 Å². The lowest BCUT2D eigenvalue weighted by Gasteiger charge is -2.12. The minimum Gasteiger partial charge on any atom is -0.478 e. The topological polar surface area (TPSA) is 76.5 Å². The largest absolute Gasteiger partial charge is 0.478 e. The Kier molecular flexibility index (Phi) is 17.6. The van der Waals surface area contributed by atoms with E-state index in [0.717, 1.165) is 42.1 Å². The molecule has 0 bridgehead atoms. The number of unbranched alkanes of at least 4 members (excludes halogenated alkanes) is 10. The SMILES string of the molecule is Brc1ccncc1.CCCCCCCCOC(=O)c1cccc(CCCCCCCC)c1C(=O)O. The van der Waals surface area contributed by atoms with Crippen molar-refractivity contribution in [3.63, 3.8) is 0 Å². The zero-order chi connectivity index (χ0) is 25.7. The van der Waals surface area contributed by atoms with Crippen LogP contribution >= 0.6 is 15.9 Å². The number of esters is 1. The maximum absolute atomic E-state index is 12.4. The molecule has 0 aliphatic rings. The summed E-state index contributed by atoms with van der Waals surface area (Å²) >= 11 is 3.27. The Bertz CT molecular complexity index is 842. The van der Waals surface area contributed by atoms with Gasteiger partial charge in [0.05, 0.1) is 17.7 Å². The number of benzene rings is 1. The quantitative estimate of drug-likeness (QED) is 0.168. The minimum atomic E-state index is -1.05. The smallest absolute Gasteiger partial charge is 0.339 e. The molecular formula is C29H42BrNO4. The van der Waals surface area contributed by atoms with E-state index >= 15 is 0 Å². The van der Waals surface area contributed by atoms with Crippen LogP contribution in [-0.4, -0.2) is 28.6 Å². The lowest BCUT2D eigenvalue weighted by atomic mass is 9.96. The molecule has 1 aromatic heterocycles. The van der Waals surface area contributed by atoms with E-state index in [1.54, 1.807) is 24.5 Å². The van der Waals surface area contributed by atoms with E-state index in [1.165, 1.54) is 44.9 Å². The monoisotopic (exact) mass is 547 g/mol. The van der Waals surface area contributed by atoms with Gasteiger partial charge in [-0.1, -0.05) is 106 Å². The number of aryl methyl sites for hydroxylation is 1. The molecule has 194 valence electrons. The van der Waals surface area contributed by atoms with E-state index < -0.39 is 11.9 Å². The molecule has 0 radical (unpaired) electrons. The van der Waals surface area contributed by atoms with Gasteiger partial charge in [0.1, 0.15) is 0 Å². The summed E-state index contributed by atoms with van der Waals surface area (Å²) in [5, 5.41) is 9.65. The van der Waals surface area contributed by atoms with E-state index in [0.29, 0.717) is 13.0 Å².